The van der Waals surface area contributed by atoms with Crippen molar-refractivity contribution in [1.29, 1.82) is 0 Å². The maximum absolute atomic E-state index is 12.5. The zero-order valence-electron chi connectivity index (χ0n) is 11.4. The largest absolute Gasteiger partial charge is 0.481 e. The molecule has 4 nitrogen and oxygen atoms in total. The molecule has 0 saturated heterocycles. The van der Waals surface area contributed by atoms with Gasteiger partial charge in [0.05, 0.1) is 17.0 Å². The lowest BCUT2D eigenvalue weighted by Gasteiger charge is -2.24. The van der Waals surface area contributed by atoms with Crippen LogP contribution in [0.5, 0.6) is 0 Å². The van der Waals surface area contributed by atoms with Crippen molar-refractivity contribution in [3.05, 3.63) is 33.8 Å². The predicted molar refractivity (Wildman–Crippen MR) is 79.5 cm³/mol. The Kier molecular flexibility index (Phi) is 6.30. The first-order valence-electron chi connectivity index (χ1n) is 6.27. The average Bonchev–Trinajstić information content (AvgIpc) is 2.36. The highest BCUT2D eigenvalue weighted by atomic mass is 35.5. The number of aliphatic carboxylic acids is 1. The first-order chi connectivity index (χ1) is 9.31. The number of nitrogens with zero attached hydrogens (tertiary/aromatic N) is 1. The summed E-state index contributed by atoms with van der Waals surface area (Å²) in [5.41, 5.74) is 0.296. The molecule has 20 heavy (non-hydrogen) atoms. The van der Waals surface area contributed by atoms with Gasteiger partial charge in [0.1, 0.15) is 0 Å². The molecular formula is C14H17Cl2NO3. The molecule has 0 heterocycles. The van der Waals surface area contributed by atoms with Crippen molar-refractivity contribution in [3.63, 3.8) is 0 Å². The molecule has 1 amide bonds. The summed E-state index contributed by atoms with van der Waals surface area (Å²) >= 11 is 11.9. The molecule has 0 aliphatic heterocycles. The van der Waals surface area contributed by atoms with E-state index < -0.39 is 5.97 Å². The minimum atomic E-state index is -0.941. The van der Waals surface area contributed by atoms with E-state index in [0.29, 0.717) is 22.2 Å². The number of carbonyl (C=O) groups excluding carboxylic acids is 1. The van der Waals surface area contributed by atoms with Crippen molar-refractivity contribution in [2.75, 3.05) is 13.1 Å². The SMILES string of the molecule is CC(C)CN(CCC(=O)O)C(=O)c1cc(Cl)ccc1Cl. The molecule has 0 radical (unpaired) electrons. The van der Waals surface area contributed by atoms with Gasteiger partial charge in [-0.05, 0) is 24.1 Å². The standard InChI is InChI=1S/C14H17Cl2NO3/c1-9(2)8-17(6-5-13(18)19)14(20)11-7-10(15)3-4-12(11)16/h3-4,7,9H,5-6,8H2,1-2H3,(H,18,19). The van der Waals surface area contributed by atoms with Crippen LogP contribution >= 0.6 is 23.2 Å². The second kappa shape index (κ2) is 7.50. The summed E-state index contributed by atoms with van der Waals surface area (Å²) < 4.78 is 0. The number of hydrogen-bond acceptors (Lipinski definition) is 2. The summed E-state index contributed by atoms with van der Waals surface area (Å²) in [5, 5.41) is 9.49. The van der Waals surface area contributed by atoms with Gasteiger partial charge in [0.25, 0.3) is 5.91 Å². The van der Waals surface area contributed by atoms with Crippen molar-refractivity contribution >= 4 is 35.1 Å². The van der Waals surface area contributed by atoms with Gasteiger partial charge in [-0.1, -0.05) is 37.0 Å². The Morgan fingerprint density at radius 1 is 1.30 bits per heavy atom. The fraction of sp³-hybridized carbons (Fsp3) is 0.429. The highest BCUT2D eigenvalue weighted by Gasteiger charge is 2.20. The maximum atomic E-state index is 12.5. The molecule has 0 atom stereocenters. The predicted octanol–water partition coefficient (Wildman–Crippen LogP) is 3.57. The van der Waals surface area contributed by atoms with Crippen LogP contribution in [-0.2, 0) is 4.79 Å². The summed E-state index contributed by atoms with van der Waals surface area (Å²) in [4.78, 5) is 24.6. The monoisotopic (exact) mass is 317 g/mol. The molecule has 0 aliphatic carbocycles. The number of carboxylic acid groups (broad SMARTS) is 1. The molecule has 0 spiro atoms. The molecule has 0 aromatic heterocycles. The normalized spacial score (nSPS) is 10.7. The van der Waals surface area contributed by atoms with E-state index in [9.17, 15) is 9.59 Å². The lowest BCUT2D eigenvalue weighted by atomic mass is 10.1. The third-order valence-corrected chi connectivity index (χ3v) is 3.19. The Bertz CT molecular complexity index is 503. The van der Waals surface area contributed by atoms with Gasteiger partial charge in [0.15, 0.2) is 0 Å². The van der Waals surface area contributed by atoms with E-state index in [1.807, 2.05) is 13.8 Å². The lowest BCUT2D eigenvalue weighted by Crippen LogP contribution is -2.36. The van der Waals surface area contributed by atoms with E-state index in [4.69, 9.17) is 28.3 Å². The first-order valence-corrected chi connectivity index (χ1v) is 7.03. The van der Waals surface area contributed by atoms with Crippen LogP contribution in [0.25, 0.3) is 0 Å². The van der Waals surface area contributed by atoms with Gasteiger partial charge in [0.2, 0.25) is 0 Å². The van der Waals surface area contributed by atoms with Gasteiger partial charge < -0.3 is 10.0 Å². The van der Waals surface area contributed by atoms with Gasteiger partial charge in [-0.3, -0.25) is 9.59 Å². The summed E-state index contributed by atoms with van der Waals surface area (Å²) in [7, 11) is 0. The van der Waals surface area contributed by atoms with Crippen molar-refractivity contribution in [2.45, 2.75) is 20.3 Å². The van der Waals surface area contributed by atoms with Crippen LogP contribution in [0.1, 0.15) is 30.6 Å². The third-order valence-electron chi connectivity index (χ3n) is 2.63. The topological polar surface area (TPSA) is 57.6 Å². The molecule has 1 aromatic rings. The van der Waals surface area contributed by atoms with Crippen LogP contribution in [0, 0.1) is 5.92 Å². The summed E-state index contributed by atoms with van der Waals surface area (Å²) in [5.74, 6) is -1.01. The van der Waals surface area contributed by atoms with Crippen molar-refractivity contribution < 1.29 is 14.7 Å². The minimum absolute atomic E-state index is 0.101. The minimum Gasteiger partial charge on any atom is -0.481 e. The number of carboxylic acids is 1. The molecule has 0 aliphatic rings. The number of carbonyl (C=O) groups is 2. The first kappa shape index (κ1) is 16.8. The van der Waals surface area contributed by atoms with E-state index in [2.05, 4.69) is 0 Å². The molecule has 110 valence electrons. The molecular weight excluding hydrogens is 301 g/mol. The Morgan fingerprint density at radius 2 is 1.95 bits per heavy atom. The van der Waals surface area contributed by atoms with Crippen LogP contribution in [0.3, 0.4) is 0 Å². The highest BCUT2D eigenvalue weighted by molar-refractivity contribution is 6.35. The van der Waals surface area contributed by atoms with E-state index in [0.717, 1.165) is 0 Å². The quantitative estimate of drug-likeness (QED) is 0.872. The maximum Gasteiger partial charge on any atom is 0.305 e. The number of benzene rings is 1. The van der Waals surface area contributed by atoms with Crippen molar-refractivity contribution in [2.24, 2.45) is 5.92 Å². The van der Waals surface area contributed by atoms with Gasteiger partial charge in [0, 0.05) is 18.1 Å². The fourth-order valence-corrected chi connectivity index (χ4v) is 2.15. The number of rotatable bonds is 6. The smallest absolute Gasteiger partial charge is 0.305 e. The van der Waals surface area contributed by atoms with E-state index >= 15 is 0 Å². The van der Waals surface area contributed by atoms with E-state index in [1.165, 1.54) is 11.0 Å². The average molecular weight is 318 g/mol. The van der Waals surface area contributed by atoms with Gasteiger partial charge >= 0.3 is 5.97 Å². The molecule has 0 saturated carbocycles. The van der Waals surface area contributed by atoms with E-state index in [-0.39, 0.29) is 24.8 Å². The molecule has 0 bridgehead atoms. The molecule has 0 fully saturated rings. The summed E-state index contributed by atoms with van der Waals surface area (Å²) in [6.07, 6.45) is -0.101. The van der Waals surface area contributed by atoms with Crippen molar-refractivity contribution in [1.82, 2.24) is 4.90 Å². The number of amides is 1. The third kappa shape index (κ3) is 5.02. The number of halogens is 2. The van der Waals surface area contributed by atoms with Crippen LogP contribution in [-0.4, -0.2) is 35.0 Å². The second-order valence-corrected chi connectivity index (χ2v) is 5.76. The Hall–Kier alpha value is -1.26. The lowest BCUT2D eigenvalue weighted by molar-refractivity contribution is -0.137. The van der Waals surface area contributed by atoms with Crippen LogP contribution < -0.4 is 0 Å². The van der Waals surface area contributed by atoms with Crippen LogP contribution in [0.15, 0.2) is 18.2 Å². The zero-order valence-corrected chi connectivity index (χ0v) is 12.9. The fourth-order valence-electron chi connectivity index (χ4n) is 1.78. The van der Waals surface area contributed by atoms with E-state index in [1.54, 1.807) is 12.1 Å². The van der Waals surface area contributed by atoms with Crippen molar-refractivity contribution in [3.8, 4) is 0 Å². The summed E-state index contributed by atoms with van der Waals surface area (Å²) in [6.45, 7) is 4.53. The van der Waals surface area contributed by atoms with Crippen LogP contribution in [0.4, 0.5) is 0 Å². The zero-order chi connectivity index (χ0) is 15.3. The molecule has 1 N–H and O–H groups in total. The Morgan fingerprint density at radius 3 is 2.50 bits per heavy atom. The van der Waals surface area contributed by atoms with Crippen LogP contribution in [0.2, 0.25) is 10.0 Å². The van der Waals surface area contributed by atoms with Gasteiger partial charge in [-0.25, -0.2) is 0 Å². The van der Waals surface area contributed by atoms with Gasteiger partial charge in [-0.15, -0.1) is 0 Å². The Labute approximate surface area is 128 Å². The van der Waals surface area contributed by atoms with Gasteiger partial charge in [-0.2, -0.15) is 0 Å². The molecule has 1 rings (SSSR count). The summed E-state index contributed by atoms with van der Waals surface area (Å²) in [6, 6.07) is 4.66. The molecule has 0 unspecified atom stereocenters. The Balaban J connectivity index is 2.96. The molecule has 6 heteroatoms. The number of hydrogen-bond donors (Lipinski definition) is 1. The second-order valence-electron chi connectivity index (χ2n) is 4.91. The highest BCUT2D eigenvalue weighted by Crippen LogP contribution is 2.22. The molecule has 1 aromatic carbocycles.